The van der Waals surface area contributed by atoms with Crippen LogP contribution in [0.5, 0.6) is 5.88 Å². The van der Waals surface area contributed by atoms with Crippen molar-refractivity contribution in [1.29, 1.82) is 0 Å². The largest absolute Gasteiger partial charge is 0.496 e. The van der Waals surface area contributed by atoms with E-state index in [2.05, 4.69) is 4.98 Å². The standard InChI is InChI=1S/C16H22BF4NO3/c1-7-15(6)13(2,3)24-17(25-15)10-8-11(18)12(22-9-10)23-14(4,5)16(19,20)21/h8-9H,7H2,1-6H3. The lowest BCUT2D eigenvalue weighted by Gasteiger charge is -2.35. The molecule has 1 aliphatic heterocycles. The number of halogens is 4. The first kappa shape index (κ1) is 20.0. The van der Waals surface area contributed by atoms with E-state index in [4.69, 9.17) is 14.0 Å². The van der Waals surface area contributed by atoms with Crippen LogP contribution in [-0.2, 0) is 9.31 Å². The van der Waals surface area contributed by atoms with E-state index < -0.39 is 41.8 Å². The quantitative estimate of drug-likeness (QED) is 0.605. The van der Waals surface area contributed by atoms with Crippen LogP contribution in [-0.4, -0.2) is 35.1 Å². The summed E-state index contributed by atoms with van der Waals surface area (Å²) in [6, 6.07) is 1.02. The van der Waals surface area contributed by atoms with Gasteiger partial charge in [-0.15, -0.1) is 0 Å². The van der Waals surface area contributed by atoms with Crippen LogP contribution in [0, 0.1) is 5.82 Å². The summed E-state index contributed by atoms with van der Waals surface area (Å²) in [5, 5.41) is 0. The van der Waals surface area contributed by atoms with Gasteiger partial charge in [0.1, 0.15) is 0 Å². The summed E-state index contributed by atoms with van der Waals surface area (Å²) in [4.78, 5) is 3.69. The SMILES string of the molecule is CCC1(C)OB(c2cnc(OC(C)(C)C(F)(F)F)c(F)c2)OC1(C)C. The molecule has 2 rings (SSSR count). The van der Waals surface area contributed by atoms with Crippen LogP contribution in [0.2, 0.25) is 0 Å². The third-order valence-corrected chi connectivity index (χ3v) is 4.85. The highest BCUT2D eigenvalue weighted by molar-refractivity contribution is 6.62. The molecule has 0 aliphatic carbocycles. The molecule has 0 N–H and O–H groups in total. The van der Waals surface area contributed by atoms with Gasteiger partial charge in [-0.05, 0) is 47.1 Å². The summed E-state index contributed by atoms with van der Waals surface area (Å²) in [6.45, 7) is 9.18. The van der Waals surface area contributed by atoms with E-state index in [1.807, 2.05) is 27.7 Å². The highest BCUT2D eigenvalue weighted by Gasteiger charge is 2.54. The van der Waals surface area contributed by atoms with Crippen molar-refractivity contribution >= 4 is 12.6 Å². The second-order valence-electron chi connectivity index (χ2n) is 7.33. The van der Waals surface area contributed by atoms with Crippen molar-refractivity contribution < 1.29 is 31.6 Å². The van der Waals surface area contributed by atoms with Crippen LogP contribution < -0.4 is 10.2 Å². The van der Waals surface area contributed by atoms with Crippen LogP contribution in [0.4, 0.5) is 17.6 Å². The maximum Gasteiger partial charge on any atom is 0.496 e. The molecule has 0 amide bonds. The molecular formula is C16H22BF4NO3. The van der Waals surface area contributed by atoms with E-state index in [-0.39, 0.29) is 5.46 Å². The molecule has 4 nitrogen and oxygen atoms in total. The third-order valence-electron chi connectivity index (χ3n) is 4.85. The average molecular weight is 363 g/mol. The molecule has 1 atom stereocenters. The summed E-state index contributed by atoms with van der Waals surface area (Å²) < 4.78 is 69.3. The minimum absolute atomic E-state index is 0.278. The smallest absolute Gasteiger partial charge is 0.460 e. The van der Waals surface area contributed by atoms with Crippen molar-refractivity contribution in [3.63, 3.8) is 0 Å². The van der Waals surface area contributed by atoms with Crippen LogP contribution in [0.3, 0.4) is 0 Å². The molecule has 1 aliphatic rings. The van der Waals surface area contributed by atoms with Crippen molar-refractivity contribution in [1.82, 2.24) is 4.98 Å². The first-order chi connectivity index (χ1) is 11.2. The molecule has 0 radical (unpaired) electrons. The second-order valence-corrected chi connectivity index (χ2v) is 7.33. The molecule has 0 aromatic carbocycles. The molecule has 1 unspecified atom stereocenters. The number of ether oxygens (including phenoxy) is 1. The number of rotatable bonds is 4. The fraction of sp³-hybridized carbons (Fsp3) is 0.688. The fourth-order valence-electron chi connectivity index (χ4n) is 2.38. The summed E-state index contributed by atoms with van der Waals surface area (Å²) >= 11 is 0. The third kappa shape index (κ3) is 3.62. The Labute approximate surface area is 145 Å². The van der Waals surface area contributed by atoms with Gasteiger partial charge < -0.3 is 14.0 Å². The van der Waals surface area contributed by atoms with Gasteiger partial charge in [0.05, 0.1) is 11.2 Å². The van der Waals surface area contributed by atoms with Crippen molar-refractivity contribution in [2.24, 2.45) is 0 Å². The minimum Gasteiger partial charge on any atom is -0.460 e. The van der Waals surface area contributed by atoms with Gasteiger partial charge in [-0.25, -0.2) is 9.37 Å². The molecule has 9 heteroatoms. The zero-order valence-electron chi connectivity index (χ0n) is 15.1. The van der Waals surface area contributed by atoms with Gasteiger partial charge >= 0.3 is 13.3 Å². The Balaban J connectivity index is 2.24. The zero-order chi connectivity index (χ0) is 19.3. The Morgan fingerprint density at radius 2 is 1.80 bits per heavy atom. The average Bonchev–Trinajstić information content (AvgIpc) is 2.70. The molecule has 1 aromatic heterocycles. The van der Waals surface area contributed by atoms with Crippen molar-refractivity contribution in [2.75, 3.05) is 0 Å². The molecule has 1 fully saturated rings. The Morgan fingerprint density at radius 3 is 2.24 bits per heavy atom. The Bertz CT molecular complexity index is 651. The summed E-state index contributed by atoms with van der Waals surface area (Å²) in [7, 11) is -0.855. The Hall–Kier alpha value is -1.35. The van der Waals surface area contributed by atoms with Gasteiger partial charge in [0, 0.05) is 11.7 Å². The van der Waals surface area contributed by atoms with E-state index >= 15 is 0 Å². The summed E-state index contributed by atoms with van der Waals surface area (Å²) in [5.41, 5.74) is -3.48. The van der Waals surface area contributed by atoms with Crippen LogP contribution in [0.25, 0.3) is 0 Å². The number of pyridine rings is 1. The predicted molar refractivity (Wildman–Crippen MR) is 85.3 cm³/mol. The molecule has 1 aromatic rings. The molecule has 1 saturated heterocycles. The van der Waals surface area contributed by atoms with Crippen molar-refractivity contribution in [3.8, 4) is 5.88 Å². The van der Waals surface area contributed by atoms with Crippen molar-refractivity contribution in [3.05, 3.63) is 18.1 Å². The molecule has 140 valence electrons. The Morgan fingerprint density at radius 1 is 1.20 bits per heavy atom. The predicted octanol–water partition coefficient (Wildman–Crippen LogP) is 3.63. The van der Waals surface area contributed by atoms with Gasteiger partial charge in [-0.3, -0.25) is 0 Å². The number of alkyl halides is 3. The van der Waals surface area contributed by atoms with Gasteiger partial charge in [0.15, 0.2) is 11.4 Å². The van der Waals surface area contributed by atoms with Gasteiger partial charge in [-0.1, -0.05) is 6.92 Å². The fourth-order valence-corrected chi connectivity index (χ4v) is 2.38. The van der Waals surface area contributed by atoms with E-state index in [1.165, 1.54) is 6.20 Å². The van der Waals surface area contributed by atoms with E-state index in [9.17, 15) is 17.6 Å². The highest BCUT2D eigenvalue weighted by Crippen LogP contribution is 2.39. The lowest BCUT2D eigenvalue weighted by Crippen LogP contribution is -2.45. The van der Waals surface area contributed by atoms with Crippen LogP contribution in [0.1, 0.15) is 48.0 Å². The summed E-state index contributed by atoms with van der Waals surface area (Å²) in [5.74, 6) is -1.73. The molecule has 2 heterocycles. The van der Waals surface area contributed by atoms with Gasteiger partial charge in [-0.2, -0.15) is 13.2 Å². The number of hydrogen-bond acceptors (Lipinski definition) is 4. The zero-order valence-corrected chi connectivity index (χ0v) is 15.1. The molecule has 0 bridgehead atoms. The molecular weight excluding hydrogens is 341 g/mol. The Kier molecular flexibility index (Phi) is 4.89. The second kappa shape index (κ2) is 6.12. The van der Waals surface area contributed by atoms with Gasteiger partial charge in [0.2, 0.25) is 0 Å². The minimum atomic E-state index is -4.66. The first-order valence-electron chi connectivity index (χ1n) is 7.99. The number of hydrogen-bond donors (Lipinski definition) is 0. The van der Waals surface area contributed by atoms with Crippen LogP contribution in [0.15, 0.2) is 12.3 Å². The lowest BCUT2D eigenvalue weighted by atomic mass is 9.80. The highest BCUT2D eigenvalue weighted by atomic mass is 19.4. The van der Waals surface area contributed by atoms with Crippen LogP contribution >= 0.6 is 0 Å². The molecule has 0 saturated carbocycles. The maximum absolute atomic E-state index is 14.2. The lowest BCUT2D eigenvalue weighted by molar-refractivity contribution is -0.235. The van der Waals surface area contributed by atoms with Crippen molar-refractivity contribution in [2.45, 2.75) is 70.9 Å². The number of nitrogens with zero attached hydrogens (tertiary/aromatic N) is 1. The normalized spacial score (nSPS) is 23.8. The number of aromatic nitrogens is 1. The van der Waals surface area contributed by atoms with E-state index in [0.29, 0.717) is 6.42 Å². The van der Waals surface area contributed by atoms with E-state index in [0.717, 1.165) is 19.9 Å². The first-order valence-corrected chi connectivity index (χ1v) is 7.99. The van der Waals surface area contributed by atoms with E-state index in [1.54, 1.807) is 0 Å². The monoisotopic (exact) mass is 363 g/mol. The topological polar surface area (TPSA) is 40.6 Å². The summed E-state index contributed by atoms with van der Waals surface area (Å²) in [6.07, 6.45) is -2.79. The molecule has 0 spiro atoms. The maximum atomic E-state index is 14.2. The molecule has 25 heavy (non-hydrogen) atoms. The van der Waals surface area contributed by atoms with Gasteiger partial charge in [0.25, 0.3) is 5.88 Å².